The normalized spacial score (nSPS) is 10.6. The molecule has 0 spiro atoms. The van der Waals surface area contributed by atoms with E-state index in [-0.39, 0.29) is 5.78 Å². The van der Waals surface area contributed by atoms with E-state index in [1.54, 1.807) is 30.6 Å². The Bertz CT molecular complexity index is 606. The largest absolute Gasteiger partial charge is 0.347 e. The van der Waals surface area contributed by atoms with E-state index in [2.05, 4.69) is 10.3 Å². The molecule has 1 aromatic heterocycles. The second-order valence-corrected chi connectivity index (χ2v) is 4.51. The van der Waals surface area contributed by atoms with Crippen LogP contribution < -0.4 is 5.32 Å². The molecule has 0 aliphatic carbocycles. The van der Waals surface area contributed by atoms with Crippen molar-refractivity contribution in [1.82, 2.24) is 4.98 Å². The molecule has 2 aromatic rings. The highest BCUT2D eigenvalue weighted by Gasteiger charge is 2.00. The van der Waals surface area contributed by atoms with E-state index in [1.807, 2.05) is 25.1 Å². The van der Waals surface area contributed by atoms with Crippen molar-refractivity contribution in [2.45, 2.75) is 6.92 Å². The summed E-state index contributed by atoms with van der Waals surface area (Å²) in [6, 6.07) is 10.9. The zero-order valence-corrected chi connectivity index (χ0v) is 11.2. The molecule has 0 unspecified atom stereocenters. The van der Waals surface area contributed by atoms with Gasteiger partial charge in [-0.1, -0.05) is 35.4 Å². The molecule has 1 N–H and O–H groups in total. The molecular formula is C15H13ClN2O. The fourth-order valence-electron chi connectivity index (χ4n) is 1.56. The predicted molar refractivity (Wildman–Crippen MR) is 77.5 cm³/mol. The number of hydrogen-bond donors (Lipinski definition) is 1. The van der Waals surface area contributed by atoms with Gasteiger partial charge in [-0.3, -0.25) is 4.79 Å². The summed E-state index contributed by atoms with van der Waals surface area (Å²) >= 11 is 5.73. The number of carbonyl (C=O) groups excluding carboxylic acids is 1. The van der Waals surface area contributed by atoms with Crippen LogP contribution in [0.15, 0.2) is 54.9 Å². The number of halogens is 1. The Morgan fingerprint density at radius 1 is 1.32 bits per heavy atom. The summed E-state index contributed by atoms with van der Waals surface area (Å²) < 4.78 is 0. The predicted octanol–water partition coefficient (Wildman–Crippen LogP) is 3.85. The summed E-state index contributed by atoms with van der Waals surface area (Å²) in [4.78, 5) is 15.9. The Hall–Kier alpha value is -2.13. The summed E-state index contributed by atoms with van der Waals surface area (Å²) in [6.45, 7) is 1.95. The minimum absolute atomic E-state index is 0.0508. The third-order valence-electron chi connectivity index (χ3n) is 2.50. The quantitative estimate of drug-likeness (QED) is 0.679. The summed E-state index contributed by atoms with van der Waals surface area (Å²) in [5, 5.41) is 3.49. The maximum Gasteiger partial charge on any atom is 0.187 e. The van der Waals surface area contributed by atoms with E-state index in [0.29, 0.717) is 16.4 Å². The van der Waals surface area contributed by atoms with Crippen molar-refractivity contribution in [2.75, 3.05) is 5.32 Å². The summed E-state index contributed by atoms with van der Waals surface area (Å²) in [7, 11) is 0. The molecule has 0 aliphatic rings. The molecule has 0 amide bonds. The molecule has 1 aromatic carbocycles. The van der Waals surface area contributed by atoms with Crippen molar-refractivity contribution in [3.63, 3.8) is 0 Å². The second kappa shape index (κ2) is 6.16. The topological polar surface area (TPSA) is 42.0 Å². The van der Waals surface area contributed by atoms with Crippen LogP contribution in [-0.4, -0.2) is 10.8 Å². The monoisotopic (exact) mass is 272 g/mol. The average molecular weight is 273 g/mol. The molecule has 0 fully saturated rings. The third-order valence-corrected chi connectivity index (χ3v) is 2.72. The first kappa shape index (κ1) is 13.3. The van der Waals surface area contributed by atoms with Crippen LogP contribution in [0.25, 0.3) is 0 Å². The number of aromatic nitrogens is 1. The molecule has 4 heteroatoms. The SMILES string of the molecule is Cc1cccc(C(=O)C=CNc2ccc(Cl)cn2)c1. The fourth-order valence-corrected chi connectivity index (χ4v) is 1.67. The first-order chi connectivity index (χ1) is 9.15. The van der Waals surface area contributed by atoms with Gasteiger partial charge in [0.05, 0.1) is 5.02 Å². The smallest absolute Gasteiger partial charge is 0.187 e. The van der Waals surface area contributed by atoms with E-state index in [4.69, 9.17) is 11.6 Å². The standard InChI is InChI=1S/C15H13ClN2O/c1-11-3-2-4-12(9-11)14(19)7-8-17-15-6-5-13(16)10-18-15/h2-10H,1H3,(H,17,18). The van der Waals surface area contributed by atoms with Gasteiger partial charge >= 0.3 is 0 Å². The van der Waals surface area contributed by atoms with Gasteiger partial charge in [-0.25, -0.2) is 4.98 Å². The molecule has 0 bridgehead atoms. The number of carbonyl (C=O) groups is 1. The molecule has 1 heterocycles. The third kappa shape index (κ3) is 3.93. The first-order valence-electron chi connectivity index (χ1n) is 5.81. The molecule has 0 saturated carbocycles. The van der Waals surface area contributed by atoms with Crippen molar-refractivity contribution in [1.29, 1.82) is 0 Å². The lowest BCUT2D eigenvalue weighted by Gasteiger charge is -2.00. The van der Waals surface area contributed by atoms with Crippen LogP contribution in [0.2, 0.25) is 5.02 Å². The van der Waals surface area contributed by atoms with Gasteiger partial charge in [0.1, 0.15) is 5.82 Å². The summed E-state index contributed by atoms with van der Waals surface area (Å²) in [5.74, 6) is 0.586. The Labute approximate surface area is 116 Å². The molecule has 3 nitrogen and oxygen atoms in total. The number of pyridine rings is 1. The minimum Gasteiger partial charge on any atom is -0.347 e. The number of allylic oxidation sites excluding steroid dienone is 1. The number of aryl methyl sites for hydroxylation is 1. The molecular weight excluding hydrogens is 260 g/mol. The van der Waals surface area contributed by atoms with E-state index >= 15 is 0 Å². The van der Waals surface area contributed by atoms with Crippen LogP contribution in [0.5, 0.6) is 0 Å². The van der Waals surface area contributed by atoms with Gasteiger partial charge in [-0.05, 0) is 25.1 Å². The van der Waals surface area contributed by atoms with Crippen molar-refractivity contribution in [2.24, 2.45) is 0 Å². The molecule has 0 atom stereocenters. The summed E-state index contributed by atoms with van der Waals surface area (Å²) in [6.07, 6.45) is 4.59. The molecule has 0 saturated heterocycles. The van der Waals surface area contributed by atoms with Crippen LogP contribution in [0.4, 0.5) is 5.82 Å². The van der Waals surface area contributed by atoms with Crippen LogP contribution in [-0.2, 0) is 0 Å². The maximum atomic E-state index is 11.9. The summed E-state index contributed by atoms with van der Waals surface area (Å²) in [5.41, 5.74) is 1.73. The molecule has 0 aliphatic heterocycles. The van der Waals surface area contributed by atoms with Crippen molar-refractivity contribution >= 4 is 23.2 Å². The van der Waals surface area contributed by atoms with Gasteiger partial charge in [-0.15, -0.1) is 0 Å². The minimum atomic E-state index is -0.0508. The Kier molecular flexibility index (Phi) is 4.31. The van der Waals surface area contributed by atoms with E-state index in [0.717, 1.165) is 5.56 Å². The number of rotatable bonds is 4. The number of benzene rings is 1. The lowest BCUT2D eigenvalue weighted by molar-refractivity contribution is 0.104. The second-order valence-electron chi connectivity index (χ2n) is 4.07. The number of hydrogen-bond acceptors (Lipinski definition) is 3. The lowest BCUT2D eigenvalue weighted by atomic mass is 10.1. The van der Waals surface area contributed by atoms with Gasteiger partial charge in [-0.2, -0.15) is 0 Å². The van der Waals surface area contributed by atoms with Crippen molar-refractivity contribution in [3.8, 4) is 0 Å². The van der Waals surface area contributed by atoms with Crippen LogP contribution in [0.3, 0.4) is 0 Å². The van der Waals surface area contributed by atoms with Gasteiger partial charge in [0.15, 0.2) is 5.78 Å². The number of ketones is 1. The van der Waals surface area contributed by atoms with Gasteiger partial charge in [0.2, 0.25) is 0 Å². The highest BCUT2D eigenvalue weighted by Crippen LogP contribution is 2.10. The number of nitrogens with zero attached hydrogens (tertiary/aromatic N) is 1. The Morgan fingerprint density at radius 3 is 2.84 bits per heavy atom. The van der Waals surface area contributed by atoms with Gasteiger partial charge in [0, 0.05) is 24.0 Å². The zero-order chi connectivity index (χ0) is 13.7. The maximum absolute atomic E-state index is 11.9. The number of nitrogens with one attached hydrogen (secondary N) is 1. The Balaban J connectivity index is 1.99. The van der Waals surface area contributed by atoms with Crippen molar-refractivity contribution in [3.05, 3.63) is 71.0 Å². The first-order valence-corrected chi connectivity index (χ1v) is 6.18. The van der Waals surface area contributed by atoms with Crippen LogP contribution >= 0.6 is 11.6 Å². The molecule has 96 valence electrons. The van der Waals surface area contributed by atoms with E-state index in [1.165, 1.54) is 6.08 Å². The number of anilines is 1. The highest BCUT2D eigenvalue weighted by molar-refractivity contribution is 6.30. The van der Waals surface area contributed by atoms with Gasteiger partial charge in [0.25, 0.3) is 0 Å². The van der Waals surface area contributed by atoms with Crippen LogP contribution in [0, 0.1) is 6.92 Å². The molecule has 19 heavy (non-hydrogen) atoms. The highest BCUT2D eigenvalue weighted by atomic mass is 35.5. The van der Waals surface area contributed by atoms with Crippen LogP contribution in [0.1, 0.15) is 15.9 Å². The molecule has 2 rings (SSSR count). The molecule has 0 radical (unpaired) electrons. The average Bonchev–Trinajstić information content (AvgIpc) is 2.41. The zero-order valence-electron chi connectivity index (χ0n) is 10.4. The van der Waals surface area contributed by atoms with E-state index in [9.17, 15) is 4.79 Å². The Morgan fingerprint density at radius 2 is 2.16 bits per heavy atom. The fraction of sp³-hybridized carbons (Fsp3) is 0.0667. The van der Waals surface area contributed by atoms with Crippen molar-refractivity contribution < 1.29 is 4.79 Å². The van der Waals surface area contributed by atoms with Gasteiger partial charge < -0.3 is 5.32 Å². The lowest BCUT2D eigenvalue weighted by Crippen LogP contribution is -1.97. The van der Waals surface area contributed by atoms with E-state index < -0.39 is 0 Å².